The molecule has 0 aromatic rings. The van der Waals surface area contributed by atoms with Gasteiger partial charge in [-0.1, -0.05) is 6.92 Å². The molecular formula is C12H20O4. The van der Waals surface area contributed by atoms with Crippen molar-refractivity contribution in [2.75, 3.05) is 13.2 Å². The number of rotatable bonds is 4. The molecule has 4 nitrogen and oxygen atoms in total. The smallest absolute Gasteiger partial charge is 0.341 e. The van der Waals surface area contributed by atoms with Crippen molar-refractivity contribution in [3.05, 3.63) is 0 Å². The van der Waals surface area contributed by atoms with Crippen LogP contribution < -0.4 is 0 Å². The Morgan fingerprint density at radius 2 is 2.25 bits per heavy atom. The molecule has 0 aromatic carbocycles. The lowest BCUT2D eigenvalue weighted by molar-refractivity contribution is -0.149. The number of carbonyl (C=O) groups excluding carboxylic acids is 1. The highest BCUT2D eigenvalue weighted by atomic mass is 16.7. The molecule has 0 aromatic heterocycles. The van der Waals surface area contributed by atoms with Gasteiger partial charge >= 0.3 is 5.97 Å². The van der Waals surface area contributed by atoms with E-state index in [2.05, 4.69) is 0 Å². The summed E-state index contributed by atoms with van der Waals surface area (Å²) >= 11 is 0. The Labute approximate surface area is 96.2 Å². The van der Waals surface area contributed by atoms with Crippen molar-refractivity contribution in [2.24, 2.45) is 0 Å². The van der Waals surface area contributed by atoms with Gasteiger partial charge in [0.1, 0.15) is 5.60 Å². The zero-order chi connectivity index (χ0) is 11.8. The fourth-order valence-corrected chi connectivity index (χ4v) is 2.73. The van der Waals surface area contributed by atoms with E-state index in [9.17, 15) is 4.79 Å². The second-order valence-electron chi connectivity index (χ2n) is 4.61. The first kappa shape index (κ1) is 11.9. The average molecular weight is 228 g/mol. The molecule has 0 radical (unpaired) electrons. The van der Waals surface area contributed by atoms with Crippen LogP contribution >= 0.6 is 0 Å². The normalized spacial score (nSPS) is 42.1. The fourth-order valence-electron chi connectivity index (χ4n) is 2.73. The zero-order valence-corrected chi connectivity index (χ0v) is 10.2. The van der Waals surface area contributed by atoms with Gasteiger partial charge in [0.05, 0.1) is 12.7 Å². The lowest BCUT2D eigenvalue weighted by Gasteiger charge is -2.19. The van der Waals surface area contributed by atoms with Gasteiger partial charge in [-0.15, -0.1) is 0 Å². The molecule has 2 saturated heterocycles. The second-order valence-corrected chi connectivity index (χ2v) is 4.61. The maximum Gasteiger partial charge on any atom is 0.341 e. The summed E-state index contributed by atoms with van der Waals surface area (Å²) in [6.45, 7) is 6.89. The molecular weight excluding hydrogens is 208 g/mol. The van der Waals surface area contributed by atoms with E-state index in [1.54, 1.807) is 0 Å². The van der Waals surface area contributed by atoms with Gasteiger partial charge in [0.2, 0.25) is 0 Å². The highest BCUT2D eigenvalue weighted by Gasteiger charge is 2.75. The molecule has 0 spiro atoms. The summed E-state index contributed by atoms with van der Waals surface area (Å²) in [4.78, 5) is 11.9. The Balaban J connectivity index is 2.11. The van der Waals surface area contributed by atoms with Crippen molar-refractivity contribution in [1.82, 2.24) is 0 Å². The highest BCUT2D eigenvalue weighted by Crippen LogP contribution is 2.55. The molecule has 2 rings (SSSR count). The molecule has 0 aliphatic carbocycles. The van der Waals surface area contributed by atoms with Crippen LogP contribution in [0.3, 0.4) is 0 Å². The van der Waals surface area contributed by atoms with Crippen molar-refractivity contribution in [3.63, 3.8) is 0 Å². The van der Waals surface area contributed by atoms with Crippen LogP contribution in [0.25, 0.3) is 0 Å². The van der Waals surface area contributed by atoms with Gasteiger partial charge in [0.25, 0.3) is 0 Å². The SMILES string of the molecule is CCOC(=O)C1(CC)OC1(C)C1CCCO1. The quantitative estimate of drug-likeness (QED) is 0.542. The van der Waals surface area contributed by atoms with Gasteiger partial charge < -0.3 is 14.2 Å². The molecule has 0 bridgehead atoms. The minimum Gasteiger partial charge on any atom is -0.464 e. The van der Waals surface area contributed by atoms with Gasteiger partial charge in [-0.2, -0.15) is 0 Å². The van der Waals surface area contributed by atoms with E-state index in [0.717, 1.165) is 19.4 Å². The third-order valence-electron chi connectivity index (χ3n) is 3.79. The van der Waals surface area contributed by atoms with Gasteiger partial charge in [-0.3, -0.25) is 0 Å². The number of hydrogen-bond acceptors (Lipinski definition) is 4. The first-order valence-electron chi connectivity index (χ1n) is 6.09. The second kappa shape index (κ2) is 4.00. The van der Waals surface area contributed by atoms with Crippen LogP contribution in [-0.2, 0) is 19.0 Å². The van der Waals surface area contributed by atoms with Gasteiger partial charge in [-0.05, 0) is 33.1 Å². The predicted molar refractivity (Wildman–Crippen MR) is 58.1 cm³/mol. The van der Waals surface area contributed by atoms with E-state index in [0.29, 0.717) is 13.0 Å². The number of ether oxygens (including phenoxy) is 3. The average Bonchev–Trinajstić information content (AvgIpc) is 2.69. The molecule has 0 amide bonds. The molecule has 2 aliphatic heterocycles. The minimum atomic E-state index is -0.766. The Kier molecular flexibility index (Phi) is 2.97. The van der Waals surface area contributed by atoms with Crippen molar-refractivity contribution in [3.8, 4) is 0 Å². The number of esters is 1. The molecule has 4 heteroatoms. The van der Waals surface area contributed by atoms with Crippen LogP contribution in [0, 0.1) is 0 Å². The van der Waals surface area contributed by atoms with Crippen LogP contribution in [0.1, 0.15) is 40.0 Å². The Morgan fingerprint density at radius 1 is 1.50 bits per heavy atom. The van der Waals surface area contributed by atoms with Crippen molar-refractivity contribution in [1.29, 1.82) is 0 Å². The van der Waals surface area contributed by atoms with Crippen molar-refractivity contribution in [2.45, 2.75) is 57.3 Å². The summed E-state index contributed by atoms with van der Waals surface area (Å²) < 4.78 is 16.5. The Bertz CT molecular complexity index is 285. The number of epoxide rings is 1. The van der Waals surface area contributed by atoms with Gasteiger partial charge in [0.15, 0.2) is 5.60 Å². The van der Waals surface area contributed by atoms with Gasteiger partial charge in [-0.25, -0.2) is 4.79 Å². The lowest BCUT2D eigenvalue weighted by Crippen LogP contribution is -2.40. The van der Waals surface area contributed by atoms with E-state index >= 15 is 0 Å². The van der Waals surface area contributed by atoms with Crippen LogP contribution in [0.15, 0.2) is 0 Å². The maximum absolute atomic E-state index is 11.9. The summed E-state index contributed by atoms with van der Waals surface area (Å²) in [5.74, 6) is -0.240. The topological polar surface area (TPSA) is 48.1 Å². The molecule has 16 heavy (non-hydrogen) atoms. The third-order valence-corrected chi connectivity index (χ3v) is 3.79. The number of carbonyl (C=O) groups is 1. The summed E-state index contributed by atoms with van der Waals surface area (Å²) in [5, 5.41) is 0. The monoisotopic (exact) mass is 228 g/mol. The molecule has 0 saturated carbocycles. The molecule has 3 unspecified atom stereocenters. The third kappa shape index (κ3) is 1.47. The minimum absolute atomic E-state index is 0.0388. The largest absolute Gasteiger partial charge is 0.464 e. The Hall–Kier alpha value is -0.610. The van der Waals surface area contributed by atoms with Crippen molar-refractivity contribution < 1.29 is 19.0 Å². The van der Waals surface area contributed by atoms with E-state index < -0.39 is 11.2 Å². The van der Waals surface area contributed by atoms with E-state index in [1.165, 1.54) is 0 Å². The zero-order valence-electron chi connectivity index (χ0n) is 10.2. The molecule has 3 atom stereocenters. The van der Waals surface area contributed by atoms with Crippen LogP contribution in [-0.4, -0.2) is 36.5 Å². The van der Waals surface area contributed by atoms with Crippen molar-refractivity contribution >= 4 is 5.97 Å². The number of hydrogen-bond donors (Lipinski definition) is 0. The predicted octanol–water partition coefficient (Wildman–Crippen LogP) is 1.67. The summed E-state index contributed by atoms with van der Waals surface area (Å²) in [7, 11) is 0. The first-order valence-corrected chi connectivity index (χ1v) is 6.09. The molecule has 2 heterocycles. The summed E-state index contributed by atoms with van der Waals surface area (Å²) in [5.41, 5.74) is -1.25. The summed E-state index contributed by atoms with van der Waals surface area (Å²) in [6, 6.07) is 0. The highest BCUT2D eigenvalue weighted by molar-refractivity contribution is 5.85. The maximum atomic E-state index is 11.9. The molecule has 2 aliphatic rings. The lowest BCUT2D eigenvalue weighted by atomic mass is 9.86. The van der Waals surface area contributed by atoms with Crippen LogP contribution in [0.2, 0.25) is 0 Å². The standard InChI is InChI=1S/C12H20O4/c1-4-12(10(13)14-5-2)11(3,16-12)9-7-6-8-15-9/h9H,4-8H2,1-3H3. The van der Waals surface area contributed by atoms with E-state index in [1.807, 2.05) is 20.8 Å². The molecule has 92 valence electrons. The first-order chi connectivity index (χ1) is 7.60. The van der Waals surface area contributed by atoms with Crippen LogP contribution in [0.5, 0.6) is 0 Å². The van der Waals surface area contributed by atoms with E-state index in [4.69, 9.17) is 14.2 Å². The molecule has 0 N–H and O–H groups in total. The summed E-state index contributed by atoms with van der Waals surface area (Å²) in [6.07, 6.45) is 2.70. The van der Waals surface area contributed by atoms with Crippen LogP contribution in [0.4, 0.5) is 0 Å². The Morgan fingerprint density at radius 3 is 2.75 bits per heavy atom. The molecule has 2 fully saturated rings. The van der Waals surface area contributed by atoms with Gasteiger partial charge in [0, 0.05) is 6.61 Å². The fraction of sp³-hybridized carbons (Fsp3) is 0.917. The van der Waals surface area contributed by atoms with E-state index in [-0.39, 0.29) is 12.1 Å².